The molecule has 0 spiro atoms. The molecule has 3 aliphatic heterocycles. The fraction of sp³-hybridized carbons (Fsp3) is 0.143. The van der Waals surface area contributed by atoms with Crippen molar-refractivity contribution in [2.24, 2.45) is 11.8 Å². The molecular weight excluding hydrogens is 472 g/mol. The Morgan fingerprint density at radius 2 is 1.70 bits per heavy atom. The van der Waals surface area contributed by atoms with E-state index in [1.54, 1.807) is 29.3 Å². The average molecular weight is 490 g/mol. The quantitative estimate of drug-likeness (QED) is 0.236. The molecule has 180 valence electrons. The second-order valence-electron chi connectivity index (χ2n) is 9.20. The van der Waals surface area contributed by atoms with Crippen LogP contribution >= 0.6 is 0 Å². The Morgan fingerprint density at radius 3 is 2.46 bits per heavy atom. The number of nitrogens with zero attached hydrogens (tertiary/aromatic N) is 4. The molecule has 0 bridgehead atoms. The molecule has 6 rings (SSSR count). The van der Waals surface area contributed by atoms with Crippen molar-refractivity contribution in [2.45, 2.75) is 12.1 Å². The monoisotopic (exact) mass is 490 g/mol. The van der Waals surface area contributed by atoms with Crippen LogP contribution in [-0.4, -0.2) is 39.5 Å². The van der Waals surface area contributed by atoms with Crippen LogP contribution in [0.5, 0.6) is 0 Å². The molecule has 37 heavy (non-hydrogen) atoms. The summed E-state index contributed by atoms with van der Waals surface area (Å²) in [6.07, 6.45) is 4.69. The van der Waals surface area contributed by atoms with Crippen LogP contribution in [0.3, 0.4) is 0 Å². The highest BCUT2D eigenvalue weighted by Gasteiger charge is 2.63. The molecule has 0 aliphatic carbocycles. The minimum Gasteiger partial charge on any atom is -0.359 e. The third-order valence-corrected chi connectivity index (χ3v) is 7.28. The molecule has 0 N–H and O–H groups in total. The van der Waals surface area contributed by atoms with Crippen molar-refractivity contribution < 1.29 is 19.3 Å². The van der Waals surface area contributed by atoms with Gasteiger partial charge in [-0.25, -0.2) is 4.90 Å². The molecule has 3 aromatic rings. The molecule has 2 saturated heterocycles. The smallest absolute Gasteiger partial charge is 0.270 e. The number of hydrogen-bond acceptors (Lipinski definition) is 7. The van der Waals surface area contributed by atoms with Gasteiger partial charge in [-0.2, -0.15) is 5.26 Å². The first-order chi connectivity index (χ1) is 17.9. The van der Waals surface area contributed by atoms with E-state index in [-0.39, 0.29) is 11.3 Å². The van der Waals surface area contributed by atoms with Crippen molar-refractivity contribution in [2.75, 3.05) is 4.90 Å². The number of ketones is 1. The summed E-state index contributed by atoms with van der Waals surface area (Å²) in [6.45, 7) is 0. The largest absolute Gasteiger partial charge is 0.359 e. The van der Waals surface area contributed by atoms with Crippen molar-refractivity contribution in [3.05, 3.63) is 106 Å². The van der Waals surface area contributed by atoms with Crippen LogP contribution in [0.4, 0.5) is 11.4 Å². The fourth-order valence-electron chi connectivity index (χ4n) is 5.63. The molecule has 3 aromatic carbocycles. The zero-order valence-corrected chi connectivity index (χ0v) is 19.2. The summed E-state index contributed by atoms with van der Waals surface area (Å²) in [5.41, 5.74) is 0.566. The predicted molar refractivity (Wildman–Crippen MR) is 133 cm³/mol. The number of benzene rings is 3. The Morgan fingerprint density at radius 1 is 0.946 bits per heavy atom. The van der Waals surface area contributed by atoms with Crippen LogP contribution in [0, 0.1) is 33.3 Å². The highest BCUT2D eigenvalue weighted by atomic mass is 16.6. The maximum Gasteiger partial charge on any atom is 0.270 e. The van der Waals surface area contributed by atoms with Crippen LogP contribution in [0.2, 0.25) is 0 Å². The van der Waals surface area contributed by atoms with Crippen LogP contribution in [-0.2, 0) is 9.59 Å². The summed E-state index contributed by atoms with van der Waals surface area (Å²) in [5, 5.41) is 22.6. The van der Waals surface area contributed by atoms with E-state index < -0.39 is 46.4 Å². The summed E-state index contributed by atoms with van der Waals surface area (Å²) in [6, 6.07) is 18.5. The van der Waals surface area contributed by atoms with Gasteiger partial charge in [0.1, 0.15) is 6.04 Å². The zero-order valence-electron chi connectivity index (χ0n) is 19.2. The highest BCUT2D eigenvalue weighted by Crippen LogP contribution is 2.47. The number of imide groups is 1. The fourth-order valence-corrected chi connectivity index (χ4v) is 5.63. The molecule has 0 saturated carbocycles. The minimum absolute atomic E-state index is 0.0754. The Kier molecular flexibility index (Phi) is 4.98. The lowest BCUT2D eigenvalue weighted by atomic mass is 9.86. The second-order valence-corrected chi connectivity index (χ2v) is 9.20. The maximum atomic E-state index is 13.9. The number of nitro groups is 1. The number of Topliss-reactive ketones (excluding diaryl/α,β-unsaturated/α-hetero) is 1. The third-order valence-electron chi connectivity index (χ3n) is 7.28. The first-order valence-electron chi connectivity index (χ1n) is 11.6. The molecule has 2 fully saturated rings. The summed E-state index contributed by atoms with van der Waals surface area (Å²) < 4.78 is 0. The molecular formula is C28H18N4O5. The lowest BCUT2D eigenvalue weighted by molar-refractivity contribution is -0.384. The number of carbonyl (C=O) groups excluding carboxylic acids is 3. The van der Waals surface area contributed by atoms with Crippen LogP contribution in [0.15, 0.2) is 90.7 Å². The van der Waals surface area contributed by atoms with E-state index in [4.69, 9.17) is 0 Å². The Balaban J connectivity index is 1.45. The van der Waals surface area contributed by atoms with Gasteiger partial charge in [-0.15, -0.1) is 0 Å². The number of rotatable bonds is 4. The van der Waals surface area contributed by atoms with Crippen molar-refractivity contribution in [1.29, 1.82) is 5.26 Å². The Hall–Kier alpha value is -5.10. The third kappa shape index (κ3) is 3.34. The van der Waals surface area contributed by atoms with Gasteiger partial charge in [-0.3, -0.25) is 24.5 Å². The first kappa shape index (κ1) is 22.4. The molecule has 2 amide bonds. The first-order valence-corrected chi connectivity index (χ1v) is 11.6. The number of non-ortho nitro benzene ring substituents is 1. The van der Waals surface area contributed by atoms with E-state index in [0.717, 1.165) is 15.7 Å². The summed E-state index contributed by atoms with van der Waals surface area (Å²) in [4.78, 5) is 54.9. The van der Waals surface area contributed by atoms with E-state index in [0.29, 0.717) is 11.3 Å². The average Bonchev–Trinajstić information content (AvgIpc) is 3.39. The number of nitriles is 1. The topological polar surface area (TPSA) is 125 Å². The van der Waals surface area contributed by atoms with E-state index in [1.165, 1.54) is 30.3 Å². The van der Waals surface area contributed by atoms with Crippen LogP contribution < -0.4 is 4.90 Å². The zero-order chi connectivity index (χ0) is 25.8. The molecule has 3 heterocycles. The molecule has 0 aromatic heterocycles. The highest BCUT2D eigenvalue weighted by molar-refractivity contribution is 6.25. The SMILES string of the molecule is N#CC1=C[C@@H]2[C@@H]3C(=O)N(c4ccc5ccccc5c4)C(=O)[C@H]3[C@@H](C(=O)c3cccc([N+](=O)[O-])c3)N2C=C1. The number of anilines is 1. The molecule has 0 radical (unpaired) electrons. The molecule has 3 aliphatic rings. The number of fused-ring (bicyclic) bond motifs is 4. The van der Waals surface area contributed by atoms with Gasteiger partial charge in [0.05, 0.1) is 40.1 Å². The molecule has 9 nitrogen and oxygen atoms in total. The normalized spacial score (nSPS) is 24.0. The van der Waals surface area contributed by atoms with Gasteiger partial charge < -0.3 is 4.90 Å². The van der Waals surface area contributed by atoms with Crippen molar-refractivity contribution in [3.8, 4) is 6.07 Å². The Bertz CT molecular complexity index is 1630. The number of nitro benzene ring substituents is 1. The number of allylic oxidation sites excluding steroid dienone is 2. The number of amides is 2. The lowest BCUT2D eigenvalue weighted by Gasteiger charge is -2.32. The summed E-state index contributed by atoms with van der Waals surface area (Å²) in [7, 11) is 0. The number of carbonyl (C=O) groups is 3. The molecule has 9 heteroatoms. The predicted octanol–water partition coefficient (Wildman–Crippen LogP) is 3.77. The van der Waals surface area contributed by atoms with Gasteiger partial charge >= 0.3 is 0 Å². The van der Waals surface area contributed by atoms with Crippen molar-refractivity contribution in [3.63, 3.8) is 0 Å². The van der Waals surface area contributed by atoms with Gasteiger partial charge in [0.2, 0.25) is 11.8 Å². The van der Waals surface area contributed by atoms with Crippen molar-refractivity contribution >= 4 is 39.7 Å². The van der Waals surface area contributed by atoms with Gasteiger partial charge in [-0.05, 0) is 35.1 Å². The van der Waals surface area contributed by atoms with Crippen LogP contribution in [0.1, 0.15) is 10.4 Å². The lowest BCUT2D eigenvalue weighted by Crippen LogP contribution is -2.46. The van der Waals surface area contributed by atoms with E-state index in [2.05, 4.69) is 6.07 Å². The Labute approximate surface area is 210 Å². The standard InChI is InChI=1S/C28H18N4O5/c29-15-16-10-11-30-22(12-16)23-24(25(30)26(33)19-6-3-7-21(14-19)32(36)37)28(35)31(27(23)34)20-9-8-17-4-1-2-5-18(17)13-20/h1-14,22-25H/t22-,23+,24-,25+/m1/s1. The van der Waals surface area contributed by atoms with Crippen molar-refractivity contribution in [1.82, 2.24) is 4.90 Å². The van der Waals surface area contributed by atoms with Gasteiger partial charge in [0, 0.05) is 23.9 Å². The van der Waals surface area contributed by atoms with Gasteiger partial charge in [0.15, 0.2) is 5.78 Å². The summed E-state index contributed by atoms with van der Waals surface area (Å²) >= 11 is 0. The maximum absolute atomic E-state index is 13.9. The van der Waals surface area contributed by atoms with E-state index in [9.17, 15) is 29.8 Å². The summed E-state index contributed by atoms with van der Waals surface area (Å²) in [5.74, 6) is -3.36. The number of hydrogen-bond donors (Lipinski definition) is 0. The molecule has 0 unspecified atom stereocenters. The van der Waals surface area contributed by atoms with E-state index >= 15 is 0 Å². The second kappa shape index (κ2) is 8.24. The molecule has 4 atom stereocenters. The van der Waals surface area contributed by atoms with Gasteiger partial charge in [-0.1, -0.05) is 42.5 Å². The van der Waals surface area contributed by atoms with E-state index in [1.807, 2.05) is 30.3 Å². The minimum atomic E-state index is -1.06. The van der Waals surface area contributed by atoms with Gasteiger partial charge in [0.25, 0.3) is 5.69 Å². The van der Waals surface area contributed by atoms with Crippen LogP contribution in [0.25, 0.3) is 10.8 Å².